The largest absolute Gasteiger partial charge is 0.315 e. The van der Waals surface area contributed by atoms with E-state index in [0.29, 0.717) is 11.5 Å². The van der Waals surface area contributed by atoms with Crippen LogP contribution in [0, 0.1) is 5.41 Å². The van der Waals surface area contributed by atoms with E-state index >= 15 is 0 Å². The molecule has 0 radical (unpaired) electrons. The molecule has 1 atom stereocenters. The molecule has 0 heterocycles. The van der Waals surface area contributed by atoms with Gasteiger partial charge in [0, 0.05) is 25.7 Å². The number of hydrogen-bond donors (Lipinski definition) is 2. The molecule has 2 heteroatoms. The molecular weight excluding hydrogens is 208 g/mol. The third kappa shape index (κ3) is 10.8. The van der Waals surface area contributed by atoms with E-state index in [1.54, 1.807) is 0 Å². The van der Waals surface area contributed by atoms with Crippen LogP contribution in [0.15, 0.2) is 0 Å². The zero-order valence-electron chi connectivity index (χ0n) is 12.7. The Balaban J connectivity index is 3.45. The molecule has 0 aliphatic heterocycles. The summed E-state index contributed by atoms with van der Waals surface area (Å²) in [5.41, 5.74) is 0.450. The number of hydrogen-bond acceptors (Lipinski definition) is 2. The van der Waals surface area contributed by atoms with Gasteiger partial charge in [-0.05, 0) is 25.2 Å². The van der Waals surface area contributed by atoms with Gasteiger partial charge in [0.2, 0.25) is 0 Å². The zero-order valence-corrected chi connectivity index (χ0v) is 12.7. The molecule has 0 bridgehead atoms. The maximum atomic E-state index is 3.57. The van der Waals surface area contributed by atoms with Crippen molar-refractivity contribution in [1.29, 1.82) is 0 Å². The van der Waals surface area contributed by atoms with Crippen molar-refractivity contribution in [3.05, 3.63) is 0 Å². The van der Waals surface area contributed by atoms with Gasteiger partial charge in [0.25, 0.3) is 0 Å². The lowest BCUT2D eigenvalue weighted by Gasteiger charge is -2.25. The minimum Gasteiger partial charge on any atom is -0.315 e. The highest BCUT2D eigenvalue weighted by atomic mass is 15.0. The molecule has 0 saturated heterocycles. The third-order valence-corrected chi connectivity index (χ3v) is 3.47. The van der Waals surface area contributed by atoms with Crippen LogP contribution in [0.2, 0.25) is 0 Å². The molecular formula is C15H34N2. The van der Waals surface area contributed by atoms with E-state index in [1.165, 1.54) is 32.1 Å². The van der Waals surface area contributed by atoms with Crippen LogP contribution in [0.25, 0.3) is 0 Å². The molecule has 0 aromatic heterocycles. The van der Waals surface area contributed by atoms with Gasteiger partial charge in [0.05, 0.1) is 0 Å². The highest BCUT2D eigenvalue weighted by Crippen LogP contribution is 2.22. The van der Waals surface area contributed by atoms with Gasteiger partial charge < -0.3 is 10.6 Å². The lowest BCUT2D eigenvalue weighted by molar-refractivity contribution is 0.302. The van der Waals surface area contributed by atoms with Crippen molar-refractivity contribution < 1.29 is 0 Å². The van der Waals surface area contributed by atoms with Crippen LogP contribution in [-0.2, 0) is 0 Å². The molecule has 17 heavy (non-hydrogen) atoms. The number of rotatable bonds is 11. The van der Waals surface area contributed by atoms with Gasteiger partial charge in [0.1, 0.15) is 0 Å². The van der Waals surface area contributed by atoms with Crippen molar-refractivity contribution in [2.75, 3.05) is 19.6 Å². The molecule has 2 N–H and O–H groups in total. The Labute approximate surface area is 109 Å². The van der Waals surface area contributed by atoms with Gasteiger partial charge in [-0.15, -0.1) is 0 Å². The van der Waals surface area contributed by atoms with Gasteiger partial charge in [-0.3, -0.25) is 0 Å². The Morgan fingerprint density at radius 3 is 2.35 bits per heavy atom. The van der Waals surface area contributed by atoms with Gasteiger partial charge in [-0.25, -0.2) is 0 Å². The van der Waals surface area contributed by atoms with Crippen molar-refractivity contribution in [2.45, 2.75) is 72.8 Å². The predicted molar refractivity (Wildman–Crippen MR) is 78.5 cm³/mol. The van der Waals surface area contributed by atoms with Crippen LogP contribution in [0.1, 0.15) is 66.7 Å². The third-order valence-electron chi connectivity index (χ3n) is 3.47. The topological polar surface area (TPSA) is 24.1 Å². The minimum atomic E-state index is 0.450. The Morgan fingerprint density at radius 2 is 1.76 bits per heavy atom. The van der Waals surface area contributed by atoms with Crippen molar-refractivity contribution in [3.8, 4) is 0 Å². The first-order valence-corrected chi connectivity index (χ1v) is 7.46. The Bertz CT molecular complexity index is 166. The minimum absolute atomic E-state index is 0.450. The molecule has 0 saturated carbocycles. The van der Waals surface area contributed by atoms with Crippen LogP contribution >= 0.6 is 0 Å². The molecule has 0 aromatic rings. The molecule has 0 spiro atoms. The van der Waals surface area contributed by atoms with Crippen molar-refractivity contribution in [1.82, 2.24) is 10.6 Å². The summed E-state index contributed by atoms with van der Waals surface area (Å²) in [7, 11) is 0. The Morgan fingerprint density at radius 1 is 1.06 bits per heavy atom. The summed E-state index contributed by atoms with van der Waals surface area (Å²) in [5, 5.41) is 7.08. The van der Waals surface area contributed by atoms with Gasteiger partial charge in [-0.2, -0.15) is 0 Å². The first kappa shape index (κ1) is 16.9. The van der Waals surface area contributed by atoms with E-state index in [-0.39, 0.29) is 0 Å². The van der Waals surface area contributed by atoms with Crippen LogP contribution in [-0.4, -0.2) is 25.7 Å². The van der Waals surface area contributed by atoms with E-state index in [9.17, 15) is 0 Å². The van der Waals surface area contributed by atoms with E-state index in [2.05, 4.69) is 45.3 Å². The number of nitrogens with one attached hydrogen (secondary N) is 2. The molecule has 0 aliphatic carbocycles. The van der Waals surface area contributed by atoms with Crippen LogP contribution in [0.5, 0.6) is 0 Å². The molecule has 2 nitrogen and oxygen atoms in total. The quantitative estimate of drug-likeness (QED) is 0.541. The monoisotopic (exact) mass is 242 g/mol. The maximum absolute atomic E-state index is 3.57. The SMILES string of the molecule is CCCCCC(C)(C)CNCCNC(C)CC. The van der Waals surface area contributed by atoms with E-state index < -0.39 is 0 Å². The van der Waals surface area contributed by atoms with Crippen molar-refractivity contribution in [3.63, 3.8) is 0 Å². The molecule has 0 aromatic carbocycles. The van der Waals surface area contributed by atoms with Gasteiger partial charge >= 0.3 is 0 Å². The maximum Gasteiger partial charge on any atom is 0.00792 e. The summed E-state index contributed by atoms with van der Waals surface area (Å²) in [6.45, 7) is 14.8. The van der Waals surface area contributed by atoms with Crippen molar-refractivity contribution in [2.24, 2.45) is 5.41 Å². The average molecular weight is 242 g/mol. The summed E-state index contributed by atoms with van der Waals surface area (Å²) in [6, 6.07) is 0.648. The number of unbranched alkanes of at least 4 members (excludes halogenated alkanes) is 2. The lowest BCUT2D eigenvalue weighted by Crippen LogP contribution is -2.36. The highest BCUT2D eigenvalue weighted by Gasteiger charge is 2.16. The molecule has 0 amide bonds. The lowest BCUT2D eigenvalue weighted by atomic mass is 9.87. The average Bonchev–Trinajstić information content (AvgIpc) is 2.28. The van der Waals surface area contributed by atoms with Crippen LogP contribution in [0.3, 0.4) is 0 Å². The Kier molecular flexibility index (Phi) is 9.85. The molecule has 1 unspecified atom stereocenters. The normalized spacial score (nSPS) is 13.9. The standard InChI is InChI=1S/C15H34N2/c1-6-8-9-10-15(4,5)13-16-11-12-17-14(3)7-2/h14,16-17H,6-13H2,1-5H3. The molecule has 0 aliphatic rings. The fourth-order valence-corrected chi connectivity index (χ4v) is 1.92. The van der Waals surface area contributed by atoms with Crippen LogP contribution in [0.4, 0.5) is 0 Å². The first-order chi connectivity index (χ1) is 8.02. The van der Waals surface area contributed by atoms with E-state index in [0.717, 1.165) is 19.6 Å². The van der Waals surface area contributed by atoms with Crippen LogP contribution < -0.4 is 10.6 Å². The first-order valence-electron chi connectivity index (χ1n) is 7.46. The summed E-state index contributed by atoms with van der Waals surface area (Å²) in [5.74, 6) is 0. The second kappa shape index (κ2) is 9.90. The summed E-state index contributed by atoms with van der Waals surface area (Å²) >= 11 is 0. The molecule has 0 fully saturated rings. The fourth-order valence-electron chi connectivity index (χ4n) is 1.92. The predicted octanol–water partition coefficient (Wildman–Crippen LogP) is 3.57. The van der Waals surface area contributed by atoms with E-state index in [1.807, 2.05) is 0 Å². The molecule has 104 valence electrons. The highest BCUT2D eigenvalue weighted by molar-refractivity contribution is 4.72. The summed E-state index contributed by atoms with van der Waals surface area (Å²) < 4.78 is 0. The van der Waals surface area contributed by atoms with E-state index in [4.69, 9.17) is 0 Å². The second-order valence-electron chi connectivity index (χ2n) is 6.06. The fraction of sp³-hybridized carbons (Fsp3) is 1.00. The zero-order chi connectivity index (χ0) is 13.1. The van der Waals surface area contributed by atoms with Crippen molar-refractivity contribution >= 4 is 0 Å². The Hall–Kier alpha value is -0.0800. The second-order valence-corrected chi connectivity index (χ2v) is 6.06. The summed E-state index contributed by atoms with van der Waals surface area (Å²) in [4.78, 5) is 0. The van der Waals surface area contributed by atoms with Gasteiger partial charge in [-0.1, -0.05) is 47.0 Å². The van der Waals surface area contributed by atoms with Gasteiger partial charge in [0.15, 0.2) is 0 Å². The summed E-state index contributed by atoms with van der Waals surface area (Å²) in [6.07, 6.45) is 6.62. The molecule has 0 rings (SSSR count). The smallest absolute Gasteiger partial charge is 0.00792 e.